The second-order valence-corrected chi connectivity index (χ2v) is 8.22. The summed E-state index contributed by atoms with van der Waals surface area (Å²) in [5.74, 6) is -0.652. The number of H-pyrrole nitrogens is 3. The van der Waals surface area contributed by atoms with Gasteiger partial charge in [0.25, 0.3) is 11.8 Å². The molecule has 2 atom stereocenters. The topological polar surface area (TPSA) is 193 Å². The minimum atomic E-state index is -0.233. The Kier molecular flexibility index (Phi) is 4.33. The van der Waals surface area contributed by atoms with Gasteiger partial charge in [-0.3, -0.25) is 15.0 Å². The molecule has 34 heavy (non-hydrogen) atoms. The van der Waals surface area contributed by atoms with Crippen LogP contribution in [0.15, 0.2) is 46.6 Å². The van der Waals surface area contributed by atoms with Crippen LogP contribution in [-0.4, -0.2) is 50.8 Å². The van der Waals surface area contributed by atoms with Crippen LogP contribution in [0.4, 0.5) is 5.95 Å². The van der Waals surface area contributed by atoms with Gasteiger partial charge in [-0.1, -0.05) is 0 Å². The molecule has 1 aromatic carbocycles. The first-order valence-corrected chi connectivity index (χ1v) is 10.7. The average Bonchev–Trinajstić information content (AvgIpc) is 3.59. The summed E-state index contributed by atoms with van der Waals surface area (Å²) in [7, 11) is 0. The lowest BCUT2D eigenvalue weighted by Gasteiger charge is -2.39. The molecule has 4 aromatic rings. The summed E-state index contributed by atoms with van der Waals surface area (Å²) < 4.78 is 0. The second-order valence-electron chi connectivity index (χ2n) is 8.22. The van der Waals surface area contributed by atoms with Crippen molar-refractivity contribution in [3.8, 4) is 0 Å². The number of guanidine groups is 1. The highest BCUT2D eigenvalue weighted by Gasteiger charge is 2.43. The Balaban J connectivity index is 1.39. The molecule has 0 saturated heterocycles. The molecule has 1 aliphatic heterocycles. The van der Waals surface area contributed by atoms with Crippen molar-refractivity contribution in [3.05, 3.63) is 69.9 Å². The molecule has 0 radical (unpaired) electrons. The van der Waals surface area contributed by atoms with Crippen LogP contribution in [0.1, 0.15) is 43.9 Å². The number of hydrogen-bond donors (Lipinski definition) is 7. The van der Waals surface area contributed by atoms with Crippen LogP contribution in [0.25, 0.3) is 11.0 Å². The predicted molar refractivity (Wildman–Crippen MR) is 122 cm³/mol. The van der Waals surface area contributed by atoms with Gasteiger partial charge in [0.05, 0.1) is 16.4 Å². The third-order valence-corrected chi connectivity index (χ3v) is 6.30. The number of benzene rings is 1. The number of anilines is 1. The highest BCUT2D eigenvalue weighted by Crippen LogP contribution is 2.46. The van der Waals surface area contributed by atoms with Crippen LogP contribution in [0, 0.1) is 5.41 Å². The van der Waals surface area contributed by atoms with E-state index in [-0.39, 0.29) is 35.6 Å². The van der Waals surface area contributed by atoms with E-state index in [1.54, 1.807) is 36.7 Å². The zero-order valence-corrected chi connectivity index (χ0v) is 17.8. The van der Waals surface area contributed by atoms with E-state index in [9.17, 15) is 9.59 Å². The van der Waals surface area contributed by atoms with Gasteiger partial charge < -0.3 is 31.3 Å². The first kappa shape index (κ1) is 19.9. The van der Waals surface area contributed by atoms with Gasteiger partial charge in [-0.05, 0) is 35.4 Å². The Labute approximate surface area is 191 Å². The van der Waals surface area contributed by atoms with E-state index >= 15 is 0 Å². The van der Waals surface area contributed by atoms with E-state index in [1.165, 1.54) is 0 Å². The molecule has 12 nitrogen and oxygen atoms in total. The van der Waals surface area contributed by atoms with Gasteiger partial charge in [0.2, 0.25) is 5.96 Å². The minimum Gasteiger partial charge on any atom is -0.369 e. The molecule has 4 heterocycles. The lowest BCUT2D eigenvalue weighted by Crippen LogP contribution is -2.47. The zero-order chi connectivity index (χ0) is 23.4. The molecule has 0 bridgehead atoms. The summed E-state index contributed by atoms with van der Waals surface area (Å²) in [5.41, 5.74) is 9.89. The standard InChI is InChI=1S/C22H20N10O2/c23-21-29-15-13-9(7-27-19(33)11-3-1-5-25-11)10(8-28-20(34)12-4-2-6-26-12)14(13)16-18(17(15)31-21)32-22(24)30-16/h1-6,9-10,23,25-26H,7-8H2,(H,27,33)(H,28,34)(H3,24,30,32). The monoisotopic (exact) mass is 456 g/mol. The van der Waals surface area contributed by atoms with Crippen molar-refractivity contribution < 1.29 is 9.59 Å². The Morgan fingerprint density at radius 2 is 1.53 bits per heavy atom. The van der Waals surface area contributed by atoms with Gasteiger partial charge in [0, 0.05) is 37.3 Å². The third-order valence-electron chi connectivity index (χ3n) is 6.30. The Morgan fingerprint density at radius 3 is 2.12 bits per heavy atom. The second kappa shape index (κ2) is 7.40. The number of nitrogens with two attached hydrogens (primary N) is 1. The number of aromatic nitrogens is 4. The summed E-state index contributed by atoms with van der Waals surface area (Å²) in [4.78, 5) is 47.0. The molecule has 0 fully saturated rings. The lowest BCUT2D eigenvalue weighted by atomic mass is 9.66. The molecule has 3 aromatic heterocycles. The van der Waals surface area contributed by atoms with Crippen molar-refractivity contribution in [2.24, 2.45) is 9.98 Å². The van der Waals surface area contributed by atoms with Crippen LogP contribution >= 0.6 is 0 Å². The molecule has 6 rings (SSSR count). The molecule has 2 amide bonds. The van der Waals surface area contributed by atoms with Crippen LogP contribution < -0.4 is 27.1 Å². The summed E-state index contributed by atoms with van der Waals surface area (Å²) in [6.07, 6.45) is 3.37. The van der Waals surface area contributed by atoms with Crippen LogP contribution in [-0.2, 0) is 0 Å². The molecule has 0 spiro atoms. The molecular formula is C22H20N10O2. The van der Waals surface area contributed by atoms with Crippen molar-refractivity contribution in [3.63, 3.8) is 0 Å². The highest BCUT2D eigenvalue weighted by molar-refractivity contribution is 5.94. The number of imidazole rings is 1. The fourth-order valence-corrected chi connectivity index (χ4v) is 4.80. The van der Waals surface area contributed by atoms with Crippen LogP contribution in [0.3, 0.4) is 0 Å². The molecule has 1 aliphatic carbocycles. The minimum absolute atomic E-state index is 0.101. The first-order valence-electron chi connectivity index (χ1n) is 10.7. The van der Waals surface area contributed by atoms with Crippen molar-refractivity contribution >= 4 is 34.8 Å². The number of nitrogens with zero attached hydrogens (tertiary/aromatic N) is 3. The molecule has 170 valence electrons. The van der Waals surface area contributed by atoms with Gasteiger partial charge in [0.1, 0.15) is 16.7 Å². The molecular weight excluding hydrogens is 436 g/mol. The molecule has 2 aliphatic rings. The third kappa shape index (κ3) is 2.99. The molecule has 2 unspecified atom stereocenters. The SMILES string of the molecule is N=C1N=c2c3c(c4nc(N)[nH]c4c2=N1)C(CNC(=O)c1ccc[nH]1)C3CNC(=O)c1ccc[nH]1. The van der Waals surface area contributed by atoms with Crippen molar-refractivity contribution in [1.82, 2.24) is 30.6 Å². The number of nitrogens with one attached hydrogen (secondary N) is 6. The molecule has 12 heteroatoms. The van der Waals surface area contributed by atoms with Gasteiger partial charge in [-0.15, -0.1) is 0 Å². The number of fused-ring (bicyclic) bond motifs is 6. The Bertz CT molecular complexity index is 1580. The lowest BCUT2D eigenvalue weighted by molar-refractivity contribution is 0.0926. The van der Waals surface area contributed by atoms with Crippen molar-refractivity contribution in [1.29, 1.82) is 5.41 Å². The number of hydrogen-bond acceptors (Lipinski definition) is 5. The highest BCUT2D eigenvalue weighted by atomic mass is 16.2. The quantitative estimate of drug-likeness (QED) is 0.215. The number of amides is 2. The van der Waals surface area contributed by atoms with E-state index in [2.05, 4.69) is 40.6 Å². The van der Waals surface area contributed by atoms with E-state index < -0.39 is 0 Å². The molecule has 0 saturated carbocycles. The maximum absolute atomic E-state index is 12.6. The maximum atomic E-state index is 12.6. The zero-order valence-electron chi connectivity index (χ0n) is 17.8. The predicted octanol–water partition coefficient (Wildman–Crippen LogP) is 0.0297. The van der Waals surface area contributed by atoms with Crippen LogP contribution in [0.5, 0.6) is 0 Å². The fourth-order valence-electron chi connectivity index (χ4n) is 4.80. The Hall–Kier alpha value is -4.74. The van der Waals surface area contributed by atoms with Gasteiger partial charge in [-0.25, -0.2) is 15.0 Å². The normalized spacial score (nSPS) is 17.9. The van der Waals surface area contributed by atoms with E-state index in [1.807, 2.05) is 0 Å². The van der Waals surface area contributed by atoms with Crippen molar-refractivity contribution in [2.75, 3.05) is 18.8 Å². The van der Waals surface area contributed by atoms with Gasteiger partial charge in [0.15, 0.2) is 5.95 Å². The maximum Gasteiger partial charge on any atom is 0.267 e. The first-order chi connectivity index (χ1) is 16.5. The average molecular weight is 456 g/mol. The van der Waals surface area contributed by atoms with E-state index in [0.29, 0.717) is 46.2 Å². The molecule has 8 N–H and O–H groups in total. The van der Waals surface area contributed by atoms with E-state index in [0.717, 1.165) is 11.1 Å². The summed E-state index contributed by atoms with van der Waals surface area (Å²) >= 11 is 0. The number of carbonyl (C=O) groups excluding carboxylic acids is 2. The van der Waals surface area contributed by atoms with Gasteiger partial charge >= 0.3 is 0 Å². The largest absolute Gasteiger partial charge is 0.369 e. The van der Waals surface area contributed by atoms with Crippen molar-refractivity contribution in [2.45, 2.75) is 11.8 Å². The summed E-state index contributed by atoms with van der Waals surface area (Å²) in [5, 5.41) is 15.0. The van der Waals surface area contributed by atoms with Gasteiger partial charge in [-0.2, -0.15) is 0 Å². The number of rotatable bonds is 6. The number of aromatic amines is 3. The fraction of sp³-hybridized carbons (Fsp3) is 0.182. The Morgan fingerprint density at radius 1 is 0.941 bits per heavy atom. The number of carbonyl (C=O) groups is 2. The van der Waals surface area contributed by atoms with E-state index in [4.69, 9.17) is 11.1 Å². The smallest absolute Gasteiger partial charge is 0.267 e. The summed E-state index contributed by atoms with van der Waals surface area (Å²) in [6.45, 7) is 0.637. The number of nitrogen functional groups attached to an aromatic ring is 1. The van der Waals surface area contributed by atoms with Crippen LogP contribution in [0.2, 0.25) is 0 Å². The summed E-state index contributed by atoms with van der Waals surface area (Å²) in [6, 6.07) is 6.90.